The Bertz CT molecular complexity index is 899. The molecule has 1 saturated heterocycles. The minimum atomic E-state index is -0.262. The highest BCUT2D eigenvalue weighted by Crippen LogP contribution is 2.28. The highest BCUT2D eigenvalue weighted by molar-refractivity contribution is 5.69. The fraction of sp³-hybridized carbons (Fsp3) is 0.364. The molecule has 5 nitrogen and oxygen atoms in total. The number of pyridine rings is 1. The molecule has 5 heteroatoms. The molecule has 0 spiro atoms. The van der Waals surface area contributed by atoms with Crippen LogP contribution in [0.15, 0.2) is 59.5 Å². The van der Waals surface area contributed by atoms with E-state index in [-0.39, 0.29) is 23.8 Å². The van der Waals surface area contributed by atoms with Crippen molar-refractivity contribution in [2.24, 2.45) is 7.05 Å². The quantitative estimate of drug-likeness (QED) is 0.742. The van der Waals surface area contributed by atoms with Gasteiger partial charge in [-0.15, -0.1) is 6.58 Å². The Hall–Kier alpha value is -2.82. The van der Waals surface area contributed by atoms with E-state index in [1.54, 1.807) is 22.6 Å². The van der Waals surface area contributed by atoms with E-state index in [1.165, 1.54) is 0 Å². The smallest absolute Gasteiger partial charge is 0.410 e. The van der Waals surface area contributed by atoms with Crippen LogP contribution in [0.1, 0.15) is 38.3 Å². The summed E-state index contributed by atoms with van der Waals surface area (Å²) in [5.41, 5.74) is 4.07. The second-order valence-electron chi connectivity index (χ2n) is 7.31. The zero-order chi connectivity index (χ0) is 19.6. The van der Waals surface area contributed by atoms with Crippen molar-refractivity contribution in [3.63, 3.8) is 0 Å². The number of carbonyl (C=O) groups is 1. The van der Waals surface area contributed by atoms with E-state index in [2.05, 4.69) is 6.58 Å². The average Bonchev–Trinajstić information content (AvgIpc) is 2.63. The molecule has 0 N–H and O–H groups in total. The lowest BCUT2D eigenvalue weighted by atomic mass is 10.0. The van der Waals surface area contributed by atoms with Crippen molar-refractivity contribution in [3.05, 3.63) is 70.7 Å². The molecule has 2 unspecified atom stereocenters. The van der Waals surface area contributed by atoms with Gasteiger partial charge in [-0.05, 0) is 36.6 Å². The normalized spacial score (nSPS) is 18.1. The first kappa shape index (κ1) is 19.0. The first-order chi connectivity index (χ1) is 12.8. The monoisotopic (exact) mass is 366 g/mol. The standard InChI is InChI=1S/C22H26N2O3/c1-15(2)13-20-11-12-24(22(26)27-20)16(3)17-5-7-18(8-6-17)19-9-10-21(25)23(4)14-19/h5-10,14,16,20H,1,11-13H2,2-4H3. The first-order valence-electron chi connectivity index (χ1n) is 9.24. The third-order valence-electron chi connectivity index (χ3n) is 5.05. The van der Waals surface area contributed by atoms with E-state index < -0.39 is 0 Å². The predicted octanol–water partition coefficient (Wildman–Crippen LogP) is 4.29. The van der Waals surface area contributed by atoms with Gasteiger partial charge >= 0.3 is 6.09 Å². The van der Waals surface area contributed by atoms with Gasteiger partial charge < -0.3 is 14.2 Å². The Labute approximate surface area is 159 Å². The van der Waals surface area contributed by atoms with Crippen LogP contribution >= 0.6 is 0 Å². The van der Waals surface area contributed by atoms with Gasteiger partial charge in [0.25, 0.3) is 0 Å². The Balaban J connectivity index is 1.71. The molecule has 27 heavy (non-hydrogen) atoms. The molecule has 1 amide bonds. The zero-order valence-electron chi connectivity index (χ0n) is 16.1. The summed E-state index contributed by atoms with van der Waals surface area (Å²) in [5, 5.41) is 0. The van der Waals surface area contributed by atoms with Gasteiger partial charge in [0, 0.05) is 38.7 Å². The van der Waals surface area contributed by atoms with Crippen LogP contribution in [0.5, 0.6) is 0 Å². The van der Waals surface area contributed by atoms with Gasteiger partial charge in [-0.2, -0.15) is 0 Å². The minimum Gasteiger partial charge on any atom is -0.446 e. The summed E-state index contributed by atoms with van der Waals surface area (Å²) in [7, 11) is 1.74. The highest BCUT2D eigenvalue weighted by atomic mass is 16.6. The van der Waals surface area contributed by atoms with Gasteiger partial charge in [-0.25, -0.2) is 4.79 Å². The molecule has 2 heterocycles. The Morgan fingerprint density at radius 2 is 1.85 bits per heavy atom. The van der Waals surface area contributed by atoms with Crippen molar-refractivity contribution in [2.45, 2.75) is 38.8 Å². The topological polar surface area (TPSA) is 51.5 Å². The Kier molecular flexibility index (Phi) is 5.49. The van der Waals surface area contributed by atoms with Crippen LogP contribution in [-0.2, 0) is 11.8 Å². The van der Waals surface area contributed by atoms with Crippen molar-refractivity contribution >= 4 is 6.09 Å². The molecule has 142 valence electrons. The Morgan fingerprint density at radius 3 is 2.44 bits per heavy atom. The Morgan fingerprint density at radius 1 is 1.19 bits per heavy atom. The second kappa shape index (κ2) is 7.82. The van der Waals surface area contributed by atoms with Crippen LogP contribution in [0, 0.1) is 0 Å². The number of hydrogen-bond donors (Lipinski definition) is 0. The molecule has 1 aliphatic rings. The number of amides is 1. The number of benzene rings is 1. The molecule has 2 atom stereocenters. The number of carbonyl (C=O) groups excluding carboxylic acids is 1. The summed E-state index contributed by atoms with van der Waals surface area (Å²) in [4.78, 5) is 25.7. The second-order valence-corrected chi connectivity index (χ2v) is 7.31. The molecule has 3 rings (SSSR count). The number of hydrogen-bond acceptors (Lipinski definition) is 3. The van der Waals surface area contributed by atoms with Crippen LogP contribution in [0.2, 0.25) is 0 Å². The fourth-order valence-electron chi connectivity index (χ4n) is 3.43. The van der Waals surface area contributed by atoms with E-state index in [4.69, 9.17) is 4.74 Å². The SMILES string of the molecule is C=C(C)CC1CCN(C(C)c2ccc(-c3ccc(=O)n(C)c3)cc2)C(=O)O1. The van der Waals surface area contributed by atoms with Gasteiger partial charge in [-0.3, -0.25) is 4.79 Å². The predicted molar refractivity (Wildman–Crippen MR) is 107 cm³/mol. The molecule has 0 saturated carbocycles. The van der Waals surface area contributed by atoms with Gasteiger partial charge in [-0.1, -0.05) is 29.8 Å². The number of ether oxygens (including phenoxy) is 1. The lowest BCUT2D eigenvalue weighted by Gasteiger charge is -2.36. The molecule has 1 fully saturated rings. The van der Waals surface area contributed by atoms with Crippen molar-refractivity contribution in [3.8, 4) is 11.1 Å². The summed E-state index contributed by atoms with van der Waals surface area (Å²) >= 11 is 0. The summed E-state index contributed by atoms with van der Waals surface area (Å²) in [6.45, 7) is 8.55. The van der Waals surface area contributed by atoms with Crippen molar-refractivity contribution in [1.29, 1.82) is 0 Å². The van der Waals surface area contributed by atoms with Gasteiger partial charge in [0.2, 0.25) is 5.56 Å². The number of nitrogens with zero attached hydrogens (tertiary/aromatic N) is 2. The molecule has 2 aromatic rings. The van der Waals surface area contributed by atoms with E-state index >= 15 is 0 Å². The molecule has 0 radical (unpaired) electrons. The molecule has 0 aliphatic carbocycles. The van der Waals surface area contributed by atoms with Crippen molar-refractivity contribution in [1.82, 2.24) is 9.47 Å². The summed E-state index contributed by atoms with van der Waals surface area (Å²) in [6, 6.07) is 11.4. The van der Waals surface area contributed by atoms with Crippen molar-refractivity contribution < 1.29 is 9.53 Å². The van der Waals surface area contributed by atoms with Crippen molar-refractivity contribution in [2.75, 3.05) is 6.54 Å². The molecular weight excluding hydrogens is 340 g/mol. The number of rotatable bonds is 5. The highest BCUT2D eigenvalue weighted by Gasteiger charge is 2.30. The maximum Gasteiger partial charge on any atom is 0.410 e. The van der Waals surface area contributed by atoms with E-state index in [9.17, 15) is 9.59 Å². The van der Waals surface area contributed by atoms with Crippen LogP contribution in [0.4, 0.5) is 4.79 Å². The minimum absolute atomic E-state index is 0.0300. The number of cyclic esters (lactones) is 1. The van der Waals surface area contributed by atoms with E-state index in [0.717, 1.165) is 35.1 Å². The number of aryl methyl sites for hydroxylation is 1. The first-order valence-corrected chi connectivity index (χ1v) is 9.24. The third-order valence-corrected chi connectivity index (χ3v) is 5.05. The molecule has 1 aromatic heterocycles. The van der Waals surface area contributed by atoms with E-state index in [1.807, 2.05) is 50.4 Å². The lowest BCUT2D eigenvalue weighted by molar-refractivity contribution is 0.0137. The molecule has 1 aliphatic heterocycles. The van der Waals surface area contributed by atoms with Crippen LogP contribution < -0.4 is 5.56 Å². The maximum absolute atomic E-state index is 12.4. The summed E-state index contributed by atoms with van der Waals surface area (Å²) in [5.74, 6) is 0. The maximum atomic E-state index is 12.4. The largest absolute Gasteiger partial charge is 0.446 e. The number of aromatic nitrogens is 1. The fourth-order valence-corrected chi connectivity index (χ4v) is 3.43. The van der Waals surface area contributed by atoms with Crippen LogP contribution in [0.3, 0.4) is 0 Å². The van der Waals surface area contributed by atoms with Gasteiger partial charge in [0.1, 0.15) is 6.10 Å². The van der Waals surface area contributed by atoms with E-state index in [0.29, 0.717) is 6.54 Å². The lowest BCUT2D eigenvalue weighted by Crippen LogP contribution is -2.43. The average molecular weight is 366 g/mol. The van der Waals surface area contributed by atoms with Gasteiger partial charge in [0.05, 0.1) is 6.04 Å². The van der Waals surface area contributed by atoms with Crippen LogP contribution in [-0.4, -0.2) is 28.2 Å². The molecule has 0 bridgehead atoms. The molecule has 1 aromatic carbocycles. The summed E-state index contributed by atoms with van der Waals surface area (Å²) in [6.07, 6.45) is 3.04. The zero-order valence-corrected chi connectivity index (χ0v) is 16.1. The van der Waals surface area contributed by atoms with Crippen LogP contribution in [0.25, 0.3) is 11.1 Å². The molecular formula is C22H26N2O3. The summed E-state index contributed by atoms with van der Waals surface area (Å²) < 4.78 is 7.13. The van der Waals surface area contributed by atoms with Gasteiger partial charge in [0.15, 0.2) is 0 Å². The third kappa shape index (κ3) is 4.30.